The van der Waals surface area contributed by atoms with Crippen molar-refractivity contribution in [2.45, 2.75) is 386 Å². The summed E-state index contributed by atoms with van der Waals surface area (Å²) < 4.78 is 17.0. The van der Waals surface area contributed by atoms with Crippen LogP contribution in [0.3, 0.4) is 0 Å². The van der Waals surface area contributed by atoms with Crippen molar-refractivity contribution in [3.8, 4) is 0 Å². The number of hydrogen-bond donors (Lipinski definition) is 0. The van der Waals surface area contributed by atoms with Crippen molar-refractivity contribution in [1.82, 2.24) is 0 Å². The molecule has 1 unspecified atom stereocenters. The summed E-state index contributed by atoms with van der Waals surface area (Å²) in [7, 11) is 0. The summed E-state index contributed by atoms with van der Waals surface area (Å²) in [6, 6.07) is 0. The first-order valence-electron chi connectivity index (χ1n) is 35.8. The van der Waals surface area contributed by atoms with Gasteiger partial charge >= 0.3 is 17.9 Å². The van der Waals surface area contributed by atoms with Crippen LogP contribution in [0.5, 0.6) is 0 Å². The van der Waals surface area contributed by atoms with Crippen LogP contribution < -0.4 is 0 Å². The summed E-state index contributed by atoms with van der Waals surface area (Å²) in [6.45, 7) is 6.59. The molecule has 472 valence electrons. The van der Waals surface area contributed by atoms with Gasteiger partial charge in [0.1, 0.15) is 13.2 Å². The second-order valence-corrected chi connectivity index (χ2v) is 24.1. The molecular formula is C75H136O6. The summed E-state index contributed by atoms with van der Waals surface area (Å²) in [5.74, 6) is -0.854. The van der Waals surface area contributed by atoms with Gasteiger partial charge in [-0.15, -0.1) is 0 Å². The van der Waals surface area contributed by atoms with E-state index in [4.69, 9.17) is 14.2 Å². The lowest BCUT2D eigenvalue weighted by atomic mass is 10.0. The standard InChI is InChI=1S/C75H136O6/c1-4-7-10-13-16-19-22-25-28-30-32-34-35-36-37-38-39-41-42-44-47-50-53-56-59-62-65-68-74(77)80-71-72(70-79-73(76)67-64-61-58-55-52-49-46-27-24-21-18-15-12-9-6-3)81-75(78)69-66-63-60-57-54-51-48-45-43-40-33-31-29-26-23-20-17-14-11-8-5-2/h7,10,16,19,25,27-28,32,34,46,72H,4-6,8-9,11-15,17-18,20-24,26,29-31,33,35-45,47-71H2,1-3H3/b10-7-,19-16-,28-25-,34-32-,46-27-. The molecule has 0 aromatic carbocycles. The molecule has 0 aliphatic carbocycles. The second-order valence-electron chi connectivity index (χ2n) is 24.1. The summed E-state index contributed by atoms with van der Waals surface area (Å²) in [5, 5.41) is 0. The van der Waals surface area contributed by atoms with E-state index in [2.05, 4.69) is 81.5 Å². The van der Waals surface area contributed by atoms with Crippen LogP contribution in [0.2, 0.25) is 0 Å². The molecule has 6 heteroatoms. The quantitative estimate of drug-likeness (QED) is 0.0261. The number of unbranched alkanes of at least 4 members (excludes halogenated alkanes) is 45. The molecule has 0 heterocycles. The monoisotopic (exact) mass is 1130 g/mol. The number of carbonyl (C=O) groups excluding carboxylic acids is 3. The third kappa shape index (κ3) is 67.8. The average Bonchev–Trinajstić information content (AvgIpc) is 3.47. The van der Waals surface area contributed by atoms with Crippen molar-refractivity contribution >= 4 is 17.9 Å². The van der Waals surface area contributed by atoms with Gasteiger partial charge in [-0.05, 0) is 83.5 Å². The number of allylic oxidation sites excluding steroid dienone is 10. The van der Waals surface area contributed by atoms with Crippen LogP contribution in [0.1, 0.15) is 380 Å². The lowest BCUT2D eigenvalue weighted by molar-refractivity contribution is -0.167. The maximum atomic E-state index is 13.0. The van der Waals surface area contributed by atoms with E-state index in [-0.39, 0.29) is 31.1 Å². The molecule has 0 fully saturated rings. The Morgan fingerprint density at radius 3 is 0.765 bits per heavy atom. The molecule has 0 aromatic rings. The fourth-order valence-electron chi connectivity index (χ4n) is 10.7. The Labute approximate surface area is 504 Å². The smallest absolute Gasteiger partial charge is 0.306 e. The number of ether oxygens (including phenoxy) is 3. The zero-order chi connectivity index (χ0) is 58.5. The van der Waals surface area contributed by atoms with Crippen molar-refractivity contribution in [3.05, 3.63) is 60.8 Å². The Morgan fingerprint density at radius 2 is 0.481 bits per heavy atom. The maximum absolute atomic E-state index is 13.0. The predicted molar refractivity (Wildman–Crippen MR) is 353 cm³/mol. The molecule has 0 saturated heterocycles. The third-order valence-electron chi connectivity index (χ3n) is 16.0. The molecule has 1 atom stereocenters. The van der Waals surface area contributed by atoms with Crippen LogP contribution in [0.4, 0.5) is 0 Å². The Hall–Kier alpha value is -2.89. The van der Waals surface area contributed by atoms with E-state index in [1.165, 1.54) is 250 Å². The van der Waals surface area contributed by atoms with Crippen molar-refractivity contribution in [3.63, 3.8) is 0 Å². The van der Waals surface area contributed by atoms with Gasteiger partial charge in [0.15, 0.2) is 6.10 Å². The highest BCUT2D eigenvalue weighted by molar-refractivity contribution is 5.71. The minimum atomic E-state index is -0.776. The van der Waals surface area contributed by atoms with E-state index < -0.39 is 6.10 Å². The van der Waals surface area contributed by atoms with Crippen LogP contribution >= 0.6 is 0 Å². The highest BCUT2D eigenvalue weighted by atomic mass is 16.6. The van der Waals surface area contributed by atoms with Crippen molar-refractivity contribution in [2.24, 2.45) is 0 Å². The van der Waals surface area contributed by atoms with E-state index in [1.54, 1.807) is 0 Å². The van der Waals surface area contributed by atoms with Gasteiger partial charge in [-0.1, -0.05) is 338 Å². The van der Waals surface area contributed by atoms with Crippen molar-refractivity contribution < 1.29 is 28.6 Å². The minimum absolute atomic E-state index is 0.0722. The molecule has 0 rings (SSSR count). The van der Waals surface area contributed by atoms with Gasteiger partial charge < -0.3 is 14.2 Å². The maximum Gasteiger partial charge on any atom is 0.306 e. The Morgan fingerprint density at radius 1 is 0.259 bits per heavy atom. The van der Waals surface area contributed by atoms with Crippen LogP contribution in [-0.2, 0) is 28.6 Å². The molecule has 0 amide bonds. The average molecular weight is 1130 g/mol. The number of carbonyl (C=O) groups is 3. The normalized spacial score (nSPS) is 12.4. The van der Waals surface area contributed by atoms with E-state index in [9.17, 15) is 14.4 Å². The molecular weight excluding hydrogens is 997 g/mol. The molecule has 81 heavy (non-hydrogen) atoms. The van der Waals surface area contributed by atoms with Crippen LogP contribution in [-0.4, -0.2) is 37.2 Å². The first-order chi connectivity index (χ1) is 40.0. The summed E-state index contributed by atoms with van der Waals surface area (Å²) in [5.41, 5.74) is 0. The third-order valence-corrected chi connectivity index (χ3v) is 16.0. The first-order valence-corrected chi connectivity index (χ1v) is 35.8. The number of esters is 3. The van der Waals surface area contributed by atoms with Crippen molar-refractivity contribution in [2.75, 3.05) is 13.2 Å². The molecule has 6 nitrogen and oxygen atoms in total. The topological polar surface area (TPSA) is 78.9 Å². The van der Waals surface area contributed by atoms with Crippen LogP contribution in [0, 0.1) is 0 Å². The number of hydrogen-bond acceptors (Lipinski definition) is 6. The predicted octanol–water partition coefficient (Wildman–Crippen LogP) is 24.7. The SMILES string of the molecule is CC/C=C\C/C=C\C/C=C\C/C=C\CCCCCCCCCCCCCCCCC(=O)OCC(COC(=O)CCCCCCC/C=C\CCCCCCCC)OC(=O)CCCCCCCCCCCCCCCCCCCCCCC. The first kappa shape index (κ1) is 78.1. The highest BCUT2D eigenvalue weighted by Crippen LogP contribution is 2.18. The largest absolute Gasteiger partial charge is 0.462 e. The zero-order valence-corrected chi connectivity index (χ0v) is 54.3. The van der Waals surface area contributed by atoms with Gasteiger partial charge in [-0.25, -0.2) is 0 Å². The van der Waals surface area contributed by atoms with Crippen LogP contribution in [0.25, 0.3) is 0 Å². The highest BCUT2D eigenvalue weighted by Gasteiger charge is 2.19. The van der Waals surface area contributed by atoms with Gasteiger partial charge in [0.05, 0.1) is 0 Å². The molecule has 0 aliphatic rings. The summed E-state index contributed by atoms with van der Waals surface area (Å²) in [6.07, 6.45) is 89.6. The molecule has 0 saturated carbocycles. The Kier molecular flexibility index (Phi) is 67.1. The van der Waals surface area contributed by atoms with Crippen molar-refractivity contribution in [1.29, 1.82) is 0 Å². The van der Waals surface area contributed by atoms with E-state index in [0.717, 1.165) is 89.9 Å². The number of rotatable bonds is 66. The lowest BCUT2D eigenvalue weighted by Crippen LogP contribution is -2.30. The molecule has 0 bridgehead atoms. The Bertz CT molecular complexity index is 1440. The lowest BCUT2D eigenvalue weighted by Gasteiger charge is -2.18. The van der Waals surface area contributed by atoms with Gasteiger partial charge in [-0.2, -0.15) is 0 Å². The molecule has 0 aliphatic heterocycles. The fraction of sp³-hybridized carbons (Fsp3) is 0.827. The summed E-state index contributed by atoms with van der Waals surface area (Å²) >= 11 is 0. The van der Waals surface area contributed by atoms with Gasteiger partial charge in [-0.3, -0.25) is 14.4 Å². The fourth-order valence-corrected chi connectivity index (χ4v) is 10.7. The molecule has 0 N–H and O–H groups in total. The van der Waals surface area contributed by atoms with Gasteiger partial charge in [0.2, 0.25) is 0 Å². The Balaban J connectivity index is 4.27. The van der Waals surface area contributed by atoms with Crippen LogP contribution in [0.15, 0.2) is 60.8 Å². The summed E-state index contributed by atoms with van der Waals surface area (Å²) in [4.78, 5) is 38.5. The van der Waals surface area contributed by atoms with E-state index in [1.807, 2.05) is 0 Å². The zero-order valence-electron chi connectivity index (χ0n) is 54.3. The molecule has 0 radical (unpaired) electrons. The molecule has 0 spiro atoms. The molecule has 0 aromatic heterocycles. The van der Waals surface area contributed by atoms with E-state index in [0.29, 0.717) is 19.3 Å². The van der Waals surface area contributed by atoms with Gasteiger partial charge in [0.25, 0.3) is 0 Å². The second kappa shape index (κ2) is 69.6. The van der Waals surface area contributed by atoms with E-state index >= 15 is 0 Å². The van der Waals surface area contributed by atoms with Gasteiger partial charge in [0, 0.05) is 19.3 Å². The minimum Gasteiger partial charge on any atom is -0.462 e.